The Kier molecular flexibility index (Phi) is 6.14. The average Bonchev–Trinajstić information content (AvgIpc) is 2.89. The fraction of sp³-hybridized carbons (Fsp3) is 0.643. The monoisotopic (exact) mass is 313 g/mol. The van der Waals surface area contributed by atoms with E-state index in [-0.39, 0.29) is 18.0 Å². The van der Waals surface area contributed by atoms with Crippen molar-refractivity contribution in [3.05, 3.63) is 16.6 Å². The van der Waals surface area contributed by atoms with Crippen LogP contribution in [0.3, 0.4) is 0 Å². The Morgan fingerprint density at radius 3 is 2.67 bits per heavy atom. The second-order valence-corrected chi connectivity index (χ2v) is 6.58. The van der Waals surface area contributed by atoms with Crippen LogP contribution in [0.1, 0.15) is 44.6 Å². The number of thiazole rings is 1. The molecule has 0 unspecified atom stereocenters. The van der Waals surface area contributed by atoms with E-state index < -0.39 is 5.60 Å². The molecule has 0 aliphatic rings. The molecule has 118 valence electrons. The van der Waals surface area contributed by atoms with Crippen molar-refractivity contribution in [2.24, 2.45) is 0 Å². The van der Waals surface area contributed by atoms with E-state index in [0.29, 0.717) is 18.7 Å². The first-order valence-corrected chi connectivity index (χ1v) is 7.77. The summed E-state index contributed by atoms with van der Waals surface area (Å²) < 4.78 is 5.30. The molecule has 0 saturated heterocycles. The van der Waals surface area contributed by atoms with Gasteiger partial charge in [0.25, 0.3) is 5.91 Å². The highest BCUT2D eigenvalue weighted by Gasteiger charge is 2.22. The highest BCUT2D eigenvalue weighted by atomic mass is 32.1. The van der Waals surface area contributed by atoms with E-state index in [1.807, 2.05) is 27.7 Å². The fourth-order valence-electron chi connectivity index (χ4n) is 1.52. The topological polar surface area (TPSA) is 71.5 Å². The molecule has 1 atom stereocenters. The van der Waals surface area contributed by atoms with Gasteiger partial charge in [0.05, 0.1) is 5.51 Å². The molecule has 0 aliphatic carbocycles. The molecule has 1 heterocycles. The van der Waals surface area contributed by atoms with E-state index in [1.54, 1.807) is 22.8 Å². The number of amides is 2. The third-order valence-corrected chi connectivity index (χ3v) is 3.44. The molecule has 7 heteroatoms. The predicted molar refractivity (Wildman–Crippen MR) is 82.5 cm³/mol. The average molecular weight is 313 g/mol. The van der Waals surface area contributed by atoms with Crippen molar-refractivity contribution < 1.29 is 14.3 Å². The first-order chi connectivity index (χ1) is 9.70. The number of nitrogens with one attached hydrogen (secondary N) is 1. The molecule has 21 heavy (non-hydrogen) atoms. The normalized spacial score (nSPS) is 12.6. The van der Waals surface area contributed by atoms with Crippen LogP contribution in [0.25, 0.3) is 0 Å². The Bertz CT molecular complexity index is 468. The van der Waals surface area contributed by atoms with Crippen molar-refractivity contribution in [1.82, 2.24) is 15.2 Å². The van der Waals surface area contributed by atoms with Gasteiger partial charge in [0.2, 0.25) is 0 Å². The molecule has 2 amide bonds. The number of carbonyl (C=O) groups excluding carboxylic acids is 2. The summed E-state index contributed by atoms with van der Waals surface area (Å²) in [6.45, 7) is 7.88. The van der Waals surface area contributed by atoms with Crippen LogP contribution in [0, 0.1) is 0 Å². The van der Waals surface area contributed by atoms with E-state index in [0.717, 1.165) is 0 Å². The second kappa shape index (κ2) is 7.40. The number of aromatic nitrogens is 1. The highest BCUT2D eigenvalue weighted by molar-refractivity contribution is 7.07. The van der Waals surface area contributed by atoms with Gasteiger partial charge in [-0.2, -0.15) is 0 Å². The van der Waals surface area contributed by atoms with Gasteiger partial charge in [0.15, 0.2) is 0 Å². The number of carbonyl (C=O) groups is 2. The van der Waals surface area contributed by atoms with E-state index in [9.17, 15) is 9.59 Å². The SMILES string of the molecule is C[C@@H](CCNC(=O)c1cscn1)N(C)C(=O)OC(C)(C)C. The molecular formula is C14H23N3O3S. The first-order valence-electron chi connectivity index (χ1n) is 6.83. The van der Waals surface area contributed by atoms with Gasteiger partial charge < -0.3 is 15.0 Å². The summed E-state index contributed by atoms with van der Waals surface area (Å²) in [5, 5.41) is 4.48. The molecule has 0 radical (unpaired) electrons. The number of nitrogens with zero attached hydrogens (tertiary/aromatic N) is 2. The highest BCUT2D eigenvalue weighted by Crippen LogP contribution is 2.11. The largest absolute Gasteiger partial charge is 0.444 e. The quantitative estimate of drug-likeness (QED) is 0.906. The van der Waals surface area contributed by atoms with Crippen LogP contribution in [0.15, 0.2) is 10.9 Å². The Balaban J connectivity index is 2.34. The number of hydrogen-bond donors (Lipinski definition) is 1. The summed E-state index contributed by atoms with van der Waals surface area (Å²) in [6, 6.07) is -0.0319. The molecule has 6 nitrogen and oxygen atoms in total. The first kappa shape index (κ1) is 17.4. The van der Waals surface area contributed by atoms with E-state index in [2.05, 4.69) is 10.3 Å². The summed E-state index contributed by atoms with van der Waals surface area (Å²) in [4.78, 5) is 29.1. The fourth-order valence-corrected chi connectivity index (χ4v) is 2.05. The van der Waals surface area contributed by atoms with Crippen molar-refractivity contribution in [2.75, 3.05) is 13.6 Å². The lowest BCUT2D eigenvalue weighted by Gasteiger charge is -2.28. The zero-order chi connectivity index (χ0) is 16.0. The summed E-state index contributed by atoms with van der Waals surface area (Å²) in [6.07, 6.45) is 0.284. The lowest BCUT2D eigenvalue weighted by molar-refractivity contribution is 0.0230. The van der Waals surface area contributed by atoms with Gasteiger partial charge in [-0.25, -0.2) is 9.78 Å². The van der Waals surface area contributed by atoms with Crippen LogP contribution < -0.4 is 5.32 Å². The minimum absolute atomic E-state index is 0.0319. The van der Waals surface area contributed by atoms with Crippen molar-refractivity contribution >= 4 is 23.3 Å². The van der Waals surface area contributed by atoms with Gasteiger partial charge in [-0.05, 0) is 34.1 Å². The van der Waals surface area contributed by atoms with E-state index in [1.165, 1.54) is 11.3 Å². The second-order valence-electron chi connectivity index (χ2n) is 5.86. The summed E-state index contributed by atoms with van der Waals surface area (Å²) in [5.41, 5.74) is 1.53. The van der Waals surface area contributed by atoms with Gasteiger partial charge in [0, 0.05) is 25.0 Å². The molecule has 1 aromatic rings. The Morgan fingerprint density at radius 1 is 1.48 bits per heavy atom. The number of ether oxygens (including phenoxy) is 1. The zero-order valence-electron chi connectivity index (χ0n) is 13.2. The van der Waals surface area contributed by atoms with Crippen LogP contribution in [0.5, 0.6) is 0 Å². The number of hydrogen-bond acceptors (Lipinski definition) is 5. The van der Waals surface area contributed by atoms with Crippen LogP contribution >= 0.6 is 11.3 Å². The molecule has 0 aromatic carbocycles. The molecule has 1 rings (SSSR count). The smallest absolute Gasteiger partial charge is 0.410 e. The maximum absolute atomic E-state index is 11.9. The molecule has 0 saturated carbocycles. The summed E-state index contributed by atoms with van der Waals surface area (Å²) in [7, 11) is 1.70. The lowest BCUT2D eigenvalue weighted by Crippen LogP contribution is -2.41. The molecule has 0 spiro atoms. The van der Waals surface area contributed by atoms with Gasteiger partial charge >= 0.3 is 6.09 Å². The molecule has 0 fully saturated rings. The molecule has 0 aliphatic heterocycles. The Morgan fingerprint density at radius 2 is 2.14 bits per heavy atom. The van der Waals surface area contributed by atoms with Crippen molar-refractivity contribution in [2.45, 2.75) is 45.8 Å². The summed E-state index contributed by atoms with van der Waals surface area (Å²) >= 11 is 1.38. The summed E-state index contributed by atoms with van der Waals surface area (Å²) in [5.74, 6) is -0.191. The van der Waals surface area contributed by atoms with Gasteiger partial charge in [-0.1, -0.05) is 0 Å². The predicted octanol–water partition coefficient (Wildman–Crippen LogP) is 2.52. The van der Waals surface area contributed by atoms with Crippen LogP contribution in [0.4, 0.5) is 4.79 Å². The molecule has 0 bridgehead atoms. The third kappa shape index (κ3) is 6.12. The maximum atomic E-state index is 11.9. The number of rotatable bonds is 5. The third-order valence-electron chi connectivity index (χ3n) is 2.86. The Hall–Kier alpha value is -1.63. The maximum Gasteiger partial charge on any atom is 0.410 e. The van der Waals surface area contributed by atoms with Crippen molar-refractivity contribution in [1.29, 1.82) is 0 Å². The van der Waals surface area contributed by atoms with Crippen LogP contribution in [-0.4, -0.2) is 47.1 Å². The molecular weight excluding hydrogens is 290 g/mol. The van der Waals surface area contributed by atoms with E-state index in [4.69, 9.17) is 4.74 Å². The molecule has 1 aromatic heterocycles. The molecule has 1 N–H and O–H groups in total. The van der Waals surface area contributed by atoms with Crippen LogP contribution in [-0.2, 0) is 4.74 Å². The van der Waals surface area contributed by atoms with Crippen molar-refractivity contribution in [3.63, 3.8) is 0 Å². The van der Waals surface area contributed by atoms with Gasteiger partial charge in [-0.15, -0.1) is 11.3 Å². The Labute approximate surface area is 129 Å². The standard InChI is InChI=1S/C14H23N3O3S/c1-10(17(5)13(19)20-14(2,3)4)6-7-15-12(18)11-8-21-9-16-11/h8-10H,6-7H2,1-5H3,(H,15,18)/t10-/m0/s1. The van der Waals surface area contributed by atoms with Crippen molar-refractivity contribution in [3.8, 4) is 0 Å². The van der Waals surface area contributed by atoms with E-state index >= 15 is 0 Å². The van der Waals surface area contributed by atoms with Gasteiger partial charge in [-0.3, -0.25) is 4.79 Å². The lowest BCUT2D eigenvalue weighted by atomic mass is 10.2. The van der Waals surface area contributed by atoms with Crippen LogP contribution in [0.2, 0.25) is 0 Å². The minimum atomic E-state index is -0.510. The van der Waals surface area contributed by atoms with Gasteiger partial charge in [0.1, 0.15) is 11.3 Å². The minimum Gasteiger partial charge on any atom is -0.444 e. The zero-order valence-corrected chi connectivity index (χ0v) is 14.0.